The predicted molar refractivity (Wildman–Crippen MR) is 84.1 cm³/mol. The van der Waals surface area contributed by atoms with E-state index in [-0.39, 0.29) is 19.2 Å². The van der Waals surface area contributed by atoms with Crippen LogP contribution in [0.3, 0.4) is 0 Å². The molecule has 0 aromatic heterocycles. The minimum absolute atomic E-state index is 0.0174. The van der Waals surface area contributed by atoms with Crippen LogP contribution in [0.15, 0.2) is 0 Å². The monoisotopic (exact) mass is 324 g/mol. The molecule has 0 amide bonds. The Morgan fingerprint density at radius 1 is 1.33 bits per heavy atom. The third kappa shape index (κ3) is 28.2. The Bertz CT molecular complexity index is 264. The number of nitrogens with zero attached hydrogens (tertiary/aromatic N) is 1. The number of hydrogen-bond acceptors (Lipinski definition) is 7. The van der Waals surface area contributed by atoms with Gasteiger partial charge in [0.25, 0.3) is 0 Å². The maximum atomic E-state index is 10.3. The van der Waals surface area contributed by atoms with Crippen molar-refractivity contribution in [2.45, 2.75) is 52.3 Å². The normalized spacial score (nSPS) is 11.3. The summed E-state index contributed by atoms with van der Waals surface area (Å²) in [4.78, 5) is 18.6. The minimum Gasteiger partial charge on any atom is -0.467 e. The highest BCUT2D eigenvalue weighted by atomic mass is 31.1. The molecule has 8 heteroatoms. The Kier molecular flexibility index (Phi) is 23.1. The number of carbonyl (C=O) groups is 1. The molecule has 21 heavy (non-hydrogen) atoms. The fourth-order valence-electron chi connectivity index (χ4n) is 1.02. The van der Waals surface area contributed by atoms with Crippen LogP contribution in [0.1, 0.15) is 34.1 Å². The molecule has 0 fully saturated rings. The van der Waals surface area contributed by atoms with Crippen molar-refractivity contribution >= 4 is 14.8 Å². The first kappa shape index (κ1) is 25.2. The van der Waals surface area contributed by atoms with E-state index in [0.717, 1.165) is 0 Å². The van der Waals surface area contributed by atoms with E-state index < -0.39 is 20.9 Å². The number of carbonyl (C=O) groups excluding carboxylic acids is 1. The van der Waals surface area contributed by atoms with E-state index in [9.17, 15) is 4.79 Å². The lowest BCUT2D eigenvalue weighted by Gasteiger charge is -2.10. The second-order valence-corrected chi connectivity index (χ2v) is 5.23. The second kappa shape index (κ2) is 19.2. The Morgan fingerprint density at radius 2 is 1.81 bits per heavy atom. The van der Waals surface area contributed by atoms with Crippen LogP contribution in [0.2, 0.25) is 0 Å². The molecule has 4 N–H and O–H groups in total. The summed E-state index contributed by atoms with van der Waals surface area (Å²) in [6, 6.07) is 3.02. The molecule has 2 atom stereocenters. The third-order valence-corrected chi connectivity index (χ3v) is 2.22. The molecule has 0 aromatic rings. The number of nitriles is 1. The number of nitrogens with one attached hydrogen (secondary N) is 1. The average Bonchev–Trinajstić information content (AvgIpc) is 2.38. The largest absolute Gasteiger partial charge is 0.467 e. The van der Waals surface area contributed by atoms with E-state index in [2.05, 4.69) is 37.7 Å². The van der Waals surface area contributed by atoms with Crippen LogP contribution < -0.4 is 5.32 Å². The summed E-state index contributed by atoms with van der Waals surface area (Å²) in [6.45, 7) is 8.59. The molecule has 2 unspecified atom stereocenters. The molecule has 0 saturated carbocycles. The summed E-state index contributed by atoms with van der Waals surface area (Å²) in [6.07, 6.45) is -0.856. The number of aliphatic hydroxyl groups is 2. The van der Waals surface area contributed by atoms with Gasteiger partial charge in [0.05, 0.1) is 26.2 Å². The van der Waals surface area contributed by atoms with Crippen LogP contribution in [0.25, 0.3) is 0 Å². The van der Waals surface area contributed by atoms with E-state index in [1.165, 1.54) is 7.11 Å². The lowest BCUT2D eigenvalue weighted by Crippen LogP contribution is -2.29. The summed E-state index contributed by atoms with van der Waals surface area (Å²) in [7, 11) is 0.770. The number of ether oxygens (including phenoxy) is 1. The average molecular weight is 324 g/mol. The van der Waals surface area contributed by atoms with Crippen molar-refractivity contribution in [3.8, 4) is 6.07 Å². The van der Waals surface area contributed by atoms with E-state index in [1.807, 2.05) is 0 Å². The van der Waals surface area contributed by atoms with Crippen molar-refractivity contribution in [1.29, 1.82) is 5.26 Å². The van der Waals surface area contributed by atoms with E-state index in [4.69, 9.17) is 20.4 Å². The van der Waals surface area contributed by atoms with Crippen molar-refractivity contribution in [3.05, 3.63) is 0 Å². The first-order valence-electron chi connectivity index (χ1n) is 6.63. The van der Waals surface area contributed by atoms with Crippen molar-refractivity contribution in [2.24, 2.45) is 0 Å². The second-order valence-electron chi connectivity index (χ2n) is 4.51. The van der Waals surface area contributed by atoms with E-state index in [0.29, 0.717) is 12.1 Å². The van der Waals surface area contributed by atoms with Gasteiger partial charge in [-0.3, -0.25) is 0 Å². The Balaban J connectivity index is -0.000000242. The molecule has 0 aromatic carbocycles. The predicted octanol–water partition coefficient (Wildman–Crippen LogP) is 0.391. The first-order chi connectivity index (χ1) is 9.76. The summed E-state index contributed by atoms with van der Waals surface area (Å²) >= 11 is 0. The molecule has 0 bridgehead atoms. The summed E-state index contributed by atoms with van der Waals surface area (Å²) in [5.74, 6) is -0.698. The lowest BCUT2D eigenvalue weighted by atomic mass is 10.3. The number of methoxy groups -OCH3 is 1. The molecule has 0 aliphatic rings. The van der Waals surface area contributed by atoms with Crippen molar-refractivity contribution in [3.63, 3.8) is 0 Å². The summed E-state index contributed by atoms with van der Waals surface area (Å²) in [5, 5.41) is 27.5. The highest BCUT2D eigenvalue weighted by molar-refractivity contribution is 7.31. The van der Waals surface area contributed by atoms with Gasteiger partial charge in [0.15, 0.2) is 6.10 Å². The quantitative estimate of drug-likeness (QED) is 0.412. The van der Waals surface area contributed by atoms with Gasteiger partial charge in [0.1, 0.15) is 0 Å². The van der Waals surface area contributed by atoms with Gasteiger partial charge in [-0.1, -0.05) is 27.7 Å². The number of hydrogen-bond donors (Lipinski definition) is 4. The molecule has 0 radical (unpaired) electrons. The zero-order valence-electron chi connectivity index (χ0n) is 13.5. The summed E-state index contributed by atoms with van der Waals surface area (Å²) < 4.78 is 4.17. The molecule has 7 nitrogen and oxygen atoms in total. The van der Waals surface area contributed by atoms with Crippen LogP contribution >= 0.6 is 8.81 Å². The molecule has 0 heterocycles. The fraction of sp³-hybridized carbons (Fsp3) is 0.846. The SMILES string of the molecule is CC(C)NC(C)C.COC(=O)C(O)CPO.N#CCCO. The van der Waals surface area contributed by atoms with Gasteiger partial charge in [-0.25, -0.2) is 4.79 Å². The Hall–Kier alpha value is -0.770. The van der Waals surface area contributed by atoms with Gasteiger partial charge in [-0.05, 0) is 0 Å². The van der Waals surface area contributed by atoms with Crippen molar-refractivity contribution < 1.29 is 24.6 Å². The molecule has 126 valence electrons. The zero-order chi connectivity index (χ0) is 17.3. The maximum absolute atomic E-state index is 10.3. The fourth-order valence-corrected chi connectivity index (χ4v) is 1.36. The highest BCUT2D eigenvalue weighted by Crippen LogP contribution is 2.04. The standard InChI is InChI=1S/C6H15N.C4H9O4P.C3H5NO/c1-5(2)7-6(3)4;1-8-4(6)3(5)2-9-7;4-2-1-3-5/h5-7H,1-4H3;3,5,7,9H,2H2,1H3;5H,1,3H2. The molecule has 0 saturated heterocycles. The number of esters is 1. The molecule has 0 aliphatic heterocycles. The van der Waals surface area contributed by atoms with Crippen LogP contribution in [0, 0.1) is 11.3 Å². The van der Waals surface area contributed by atoms with Crippen molar-refractivity contribution in [2.75, 3.05) is 19.9 Å². The van der Waals surface area contributed by atoms with Crippen LogP contribution in [-0.4, -0.2) is 59.1 Å². The number of aliphatic hydroxyl groups excluding tert-OH is 2. The maximum Gasteiger partial charge on any atom is 0.335 e. The van der Waals surface area contributed by atoms with Gasteiger partial charge in [0.2, 0.25) is 0 Å². The van der Waals surface area contributed by atoms with Gasteiger partial charge in [-0.15, -0.1) is 0 Å². The lowest BCUT2D eigenvalue weighted by molar-refractivity contribution is -0.149. The number of rotatable bonds is 6. The minimum atomic E-state index is -1.17. The van der Waals surface area contributed by atoms with E-state index >= 15 is 0 Å². The molecule has 0 spiro atoms. The highest BCUT2D eigenvalue weighted by Gasteiger charge is 2.13. The molecule has 0 aliphatic carbocycles. The van der Waals surface area contributed by atoms with Crippen LogP contribution in [0.5, 0.6) is 0 Å². The zero-order valence-corrected chi connectivity index (χ0v) is 14.5. The topological polar surface area (TPSA) is 123 Å². The van der Waals surface area contributed by atoms with Gasteiger partial charge in [0, 0.05) is 27.1 Å². The molecule has 0 rings (SSSR count). The first-order valence-corrected chi connectivity index (χ1v) is 7.78. The van der Waals surface area contributed by atoms with Gasteiger partial charge in [-0.2, -0.15) is 5.26 Å². The van der Waals surface area contributed by atoms with Crippen molar-refractivity contribution in [1.82, 2.24) is 5.32 Å². The third-order valence-electron chi connectivity index (χ3n) is 1.65. The smallest absolute Gasteiger partial charge is 0.335 e. The van der Waals surface area contributed by atoms with E-state index in [1.54, 1.807) is 6.07 Å². The van der Waals surface area contributed by atoms with Crippen LogP contribution in [-0.2, 0) is 9.53 Å². The van der Waals surface area contributed by atoms with Crippen LogP contribution in [0.4, 0.5) is 0 Å². The van der Waals surface area contributed by atoms with Gasteiger partial charge < -0.3 is 25.2 Å². The van der Waals surface area contributed by atoms with Gasteiger partial charge >= 0.3 is 5.97 Å². The Morgan fingerprint density at radius 3 is 1.95 bits per heavy atom. The summed E-state index contributed by atoms with van der Waals surface area (Å²) in [5.41, 5.74) is 0. The molecular formula is C13H29N2O5P. The Labute approximate surface area is 129 Å². The molecular weight excluding hydrogens is 295 g/mol.